The second-order valence-electron chi connectivity index (χ2n) is 2.80. The topological polar surface area (TPSA) is 29.1 Å². The summed E-state index contributed by atoms with van der Waals surface area (Å²) in [6.07, 6.45) is 0.508. The third kappa shape index (κ3) is 3.19. The summed E-state index contributed by atoms with van der Waals surface area (Å²) in [7, 11) is 0. The number of anilines is 1. The second kappa shape index (κ2) is 5.02. The van der Waals surface area contributed by atoms with Crippen molar-refractivity contribution in [2.24, 2.45) is 0 Å². The average Bonchev–Trinajstić information content (AvgIpc) is 2.09. The predicted molar refractivity (Wildman–Crippen MR) is 58.2 cm³/mol. The lowest BCUT2D eigenvalue weighted by atomic mass is 10.2. The van der Waals surface area contributed by atoms with Crippen molar-refractivity contribution in [3.05, 3.63) is 29.8 Å². The molecule has 1 amide bonds. The Morgan fingerprint density at radius 1 is 1.46 bits per heavy atom. The summed E-state index contributed by atoms with van der Waals surface area (Å²) in [4.78, 5) is 11.2. The number of carbonyl (C=O) groups is 1. The van der Waals surface area contributed by atoms with E-state index in [1.165, 1.54) is 0 Å². The van der Waals surface area contributed by atoms with Gasteiger partial charge in [0.15, 0.2) is 0 Å². The van der Waals surface area contributed by atoms with Crippen molar-refractivity contribution < 1.29 is 4.79 Å². The lowest BCUT2D eigenvalue weighted by Gasteiger charge is -2.06. The number of hydrogen-bond donors (Lipinski definition) is 1. The van der Waals surface area contributed by atoms with Crippen LogP contribution in [0.1, 0.15) is 12.0 Å². The Balaban J connectivity index is 2.63. The highest BCUT2D eigenvalue weighted by Crippen LogP contribution is 2.13. The Hall–Kier alpha value is -0.830. The van der Waals surface area contributed by atoms with Gasteiger partial charge in [-0.25, -0.2) is 0 Å². The molecule has 0 unspecified atom stereocenters. The molecule has 3 heteroatoms. The Labute approximate surface area is 86.5 Å². The Morgan fingerprint density at radius 2 is 2.15 bits per heavy atom. The first-order valence-corrected chi connectivity index (χ1v) is 5.27. The summed E-state index contributed by atoms with van der Waals surface area (Å²) in [6, 6.07) is 7.75. The zero-order valence-electron chi connectivity index (χ0n) is 7.51. The zero-order chi connectivity index (χ0) is 9.68. The first-order valence-electron chi connectivity index (χ1n) is 4.15. The Kier molecular flexibility index (Phi) is 3.96. The van der Waals surface area contributed by atoms with E-state index in [0.717, 1.165) is 11.3 Å². The van der Waals surface area contributed by atoms with E-state index < -0.39 is 0 Å². The third-order valence-corrected chi connectivity index (χ3v) is 2.14. The van der Waals surface area contributed by atoms with E-state index >= 15 is 0 Å². The molecule has 13 heavy (non-hydrogen) atoms. The highest BCUT2D eigenvalue weighted by molar-refractivity contribution is 9.09. The lowest BCUT2D eigenvalue weighted by molar-refractivity contribution is -0.115. The minimum atomic E-state index is 0.0474. The van der Waals surface area contributed by atoms with Gasteiger partial charge in [-0.2, -0.15) is 0 Å². The van der Waals surface area contributed by atoms with Crippen LogP contribution in [0.15, 0.2) is 24.3 Å². The monoisotopic (exact) mass is 241 g/mol. The van der Waals surface area contributed by atoms with E-state index in [1.807, 2.05) is 31.2 Å². The molecular formula is C10H12BrNO. The molecular weight excluding hydrogens is 230 g/mol. The van der Waals surface area contributed by atoms with E-state index in [9.17, 15) is 4.79 Å². The lowest BCUT2D eigenvalue weighted by Crippen LogP contribution is -2.12. The maximum absolute atomic E-state index is 11.2. The van der Waals surface area contributed by atoms with Gasteiger partial charge in [0, 0.05) is 17.4 Å². The number of nitrogens with one attached hydrogen (secondary N) is 1. The number of amides is 1. The van der Waals surface area contributed by atoms with Gasteiger partial charge in [-0.15, -0.1) is 0 Å². The number of aryl methyl sites for hydroxylation is 1. The van der Waals surface area contributed by atoms with E-state index in [1.54, 1.807) is 0 Å². The predicted octanol–water partition coefficient (Wildman–Crippen LogP) is 2.72. The van der Waals surface area contributed by atoms with Crippen molar-refractivity contribution >= 4 is 27.5 Å². The van der Waals surface area contributed by atoms with Crippen LogP contribution in [-0.2, 0) is 4.79 Å². The molecule has 0 bridgehead atoms. The molecule has 0 atom stereocenters. The van der Waals surface area contributed by atoms with Crippen molar-refractivity contribution in [2.75, 3.05) is 10.6 Å². The summed E-state index contributed by atoms with van der Waals surface area (Å²) in [5.41, 5.74) is 1.99. The van der Waals surface area contributed by atoms with Crippen LogP contribution in [0.25, 0.3) is 0 Å². The van der Waals surface area contributed by atoms with Gasteiger partial charge in [-0.1, -0.05) is 34.1 Å². The summed E-state index contributed by atoms with van der Waals surface area (Å²) < 4.78 is 0. The number of rotatable bonds is 3. The molecule has 0 aliphatic carbocycles. The molecule has 0 spiro atoms. The van der Waals surface area contributed by atoms with Crippen LogP contribution in [-0.4, -0.2) is 11.2 Å². The van der Waals surface area contributed by atoms with Crippen LogP contribution >= 0.6 is 15.9 Å². The molecule has 0 radical (unpaired) electrons. The van der Waals surface area contributed by atoms with Gasteiger partial charge in [-0.05, 0) is 18.6 Å². The first kappa shape index (κ1) is 10.3. The summed E-state index contributed by atoms with van der Waals surface area (Å²) in [5.74, 6) is 0.0474. The van der Waals surface area contributed by atoms with Crippen LogP contribution in [0.4, 0.5) is 5.69 Å². The number of para-hydroxylation sites is 1. The molecule has 1 rings (SSSR count). The molecule has 2 nitrogen and oxygen atoms in total. The largest absolute Gasteiger partial charge is 0.326 e. The SMILES string of the molecule is Cc1ccccc1NC(=O)CCBr. The number of hydrogen-bond acceptors (Lipinski definition) is 1. The molecule has 0 aliphatic heterocycles. The number of alkyl halides is 1. The minimum Gasteiger partial charge on any atom is -0.326 e. The number of carbonyl (C=O) groups excluding carboxylic acids is 1. The third-order valence-electron chi connectivity index (χ3n) is 1.74. The van der Waals surface area contributed by atoms with Gasteiger partial charge in [0.05, 0.1) is 0 Å². The van der Waals surface area contributed by atoms with Crippen molar-refractivity contribution in [2.45, 2.75) is 13.3 Å². The number of benzene rings is 1. The normalized spacial score (nSPS) is 9.69. The second-order valence-corrected chi connectivity index (χ2v) is 3.60. The molecule has 1 aromatic rings. The van der Waals surface area contributed by atoms with Crippen molar-refractivity contribution in [1.29, 1.82) is 0 Å². The van der Waals surface area contributed by atoms with Crippen LogP contribution < -0.4 is 5.32 Å². The maximum atomic E-state index is 11.2. The Morgan fingerprint density at radius 3 is 2.77 bits per heavy atom. The molecule has 1 N–H and O–H groups in total. The van der Waals surface area contributed by atoms with Crippen LogP contribution in [0.2, 0.25) is 0 Å². The van der Waals surface area contributed by atoms with Crippen molar-refractivity contribution in [3.8, 4) is 0 Å². The standard InChI is InChI=1S/C10H12BrNO/c1-8-4-2-3-5-9(8)12-10(13)6-7-11/h2-5H,6-7H2,1H3,(H,12,13). The fourth-order valence-electron chi connectivity index (χ4n) is 1.01. The van der Waals surface area contributed by atoms with Gasteiger partial charge in [-0.3, -0.25) is 4.79 Å². The number of halogens is 1. The smallest absolute Gasteiger partial charge is 0.225 e. The van der Waals surface area contributed by atoms with Gasteiger partial charge >= 0.3 is 0 Å². The highest BCUT2D eigenvalue weighted by Gasteiger charge is 2.01. The average molecular weight is 242 g/mol. The molecule has 1 aromatic carbocycles. The van der Waals surface area contributed by atoms with E-state index in [0.29, 0.717) is 11.8 Å². The van der Waals surface area contributed by atoms with Gasteiger partial charge in [0.1, 0.15) is 0 Å². The summed E-state index contributed by atoms with van der Waals surface area (Å²) in [5, 5.41) is 3.54. The highest BCUT2D eigenvalue weighted by atomic mass is 79.9. The Bertz CT molecular complexity index is 299. The molecule has 0 saturated heterocycles. The fourth-order valence-corrected chi connectivity index (χ4v) is 1.37. The van der Waals surface area contributed by atoms with Crippen LogP contribution in [0.5, 0.6) is 0 Å². The fraction of sp³-hybridized carbons (Fsp3) is 0.300. The molecule has 0 saturated carbocycles. The maximum Gasteiger partial charge on any atom is 0.225 e. The quantitative estimate of drug-likeness (QED) is 0.811. The molecule has 0 fully saturated rings. The molecule has 0 aromatic heterocycles. The van der Waals surface area contributed by atoms with Gasteiger partial charge in [0.25, 0.3) is 0 Å². The molecule has 70 valence electrons. The summed E-state index contributed by atoms with van der Waals surface area (Å²) >= 11 is 3.22. The first-order chi connectivity index (χ1) is 6.24. The van der Waals surface area contributed by atoms with Crippen LogP contribution in [0, 0.1) is 6.92 Å². The van der Waals surface area contributed by atoms with Gasteiger partial charge in [0.2, 0.25) is 5.91 Å². The summed E-state index contributed by atoms with van der Waals surface area (Å²) in [6.45, 7) is 1.98. The van der Waals surface area contributed by atoms with E-state index in [2.05, 4.69) is 21.2 Å². The van der Waals surface area contributed by atoms with E-state index in [-0.39, 0.29) is 5.91 Å². The van der Waals surface area contributed by atoms with Crippen LogP contribution in [0.3, 0.4) is 0 Å². The minimum absolute atomic E-state index is 0.0474. The molecule has 0 heterocycles. The van der Waals surface area contributed by atoms with Crippen molar-refractivity contribution in [1.82, 2.24) is 0 Å². The van der Waals surface area contributed by atoms with Gasteiger partial charge < -0.3 is 5.32 Å². The zero-order valence-corrected chi connectivity index (χ0v) is 9.10. The van der Waals surface area contributed by atoms with E-state index in [4.69, 9.17) is 0 Å². The van der Waals surface area contributed by atoms with Crippen molar-refractivity contribution in [3.63, 3.8) is 0 Å². The molecule has 0 aliphatic rings.